The number of rotatable bonds is 6. The summed E-state index contributed by atoms with van der Waals surface area (Å²) in [6.45, 7) is 0.833. The zero-order chi connectivity index (χ0) is 24.6. The van der Waals surface area contributed by atoms with Gasteiger partial charge in [-0.2, -0.15) is 10.2 Å². The quantitative estimate of drug-likeness (QED) is 0.386. The zero-order valence-corrected chi connectivity index (χ0v) is 20.7. The van der Waals surface area contributed by atoms with Crippen LogP contribution in [-0.2, 0) is 11.2 Å². The molecule has 0 radical (unpaired) electrons. The van der Waals surface area contributed by atoms with Crippen molar-refractivity contribution >= 4 is 49.5 Å². The largest absolute Gasteiger partial charge is 0.350 e. The first-order valence-electron chi connectivity index (χ1n) is 11.7. The number of aromatic nitrogens is 5. The summed E-state index contributed by atoms with van der Waals surface area (Å²) >= 11 is 3.48. The Kier molecular flexibility index (Phi) is 5.96. The van der Waals surface area contributed by atoms with E-state index in [1.165, 1.54) is 6.07 Å². The molecule has 0 bridgehead atoms. The fourth-order valence-corrected chi connectivity index (χ4v) is 5.30. The molecule has 10 nitrogen and oxygen atoms in total. The second-order valence-corrected chi connectivity index (χ2v) is 9.83. The van der Waals surface area contributed by atoms with E-state index in [1.54, 1.807) is 23.1 Å². The van der Waals surface area contributed by atoms with E-state index in [2.05, 4.69) is 51.8 Å². The summed E-state index contributed by atoms with van der Waals surface area (Å²) < 4.78 is 16.9. The lowest BCUT2D eigenvalue weighted by atomic mass is 10.0. The molecule has 0 saturated heterocycles. The standard InChI is InChI=1S/C24H21BrFN9O/c25-22-18-12-28-20(7-13-3-4-15(6-13)24(36)29-10-16-11-30-34-32-16)31-23(18)35(33-22)17-8-14-2-1-5-27-21(14)19(26)9-17/h1-2,5,8-9,12-13,15H,3-4,6-7,10-11H2,(H,29,36)/t13-,15-/m1/s1. The number of hydrogen-bond acceptors (Lipinski definition) is 8. The van der Waals surface area contributed by atoms with Crippen LogP contribution in [0.4, 0.5) is 4.39 Å². The first kappa shape index (κ1) is 22.8. The maximum atomic E-state index is 14.7. The van der Waals surface area contributed by atoms with Gasteiger partial charge in [0.05, 0.1) is 23.3 Å². The average molecular weight is 550 g/mol. The molecule has 2 aliphatic rings. The molecule has 1 aliphatic heterocycles. The first-order valence-corrected chi connectivity index (χ1v) is 12.5. The van der Waals surface area contributed by atoms with Gasteiger partial charge in [0.25, 0.3) is 0 Å². The molecule has 0 unspecified atom stereocenters. The van der Waals surface area contributed by atoms with E-state index < -0.39 is 5.82 Å². The number of hydrogen-bond donors (Lipinski definition) is 1. The van der Waals surface area contributed by atoms with Gasteiger partial charge in [0.2, 0.25) is 5.91 Å². The molecule has 4 heterocycles. The summed E-state index contributed by atoms with van der Waals surface area (Å²) in [5, 5.41) is 20.2. The minimum absolute atomic E-state index is 0.0385. The summed E-state index contributed by atoms with van der Waals surface area (Å²) in [6.07, 6.45) is 6.49. The van der Waals surface area contributed by atoms with Crippen molar-refractivity contribution in [3.05, 3.63) is 52.9 Å². The maximum absolute atomic E-state index is 14.7. The van der Waals surface area contributed by atoms with Crippen LogP contribution in [-0.4, -0.2) is 49.4 Å². The molecule has 1 amide bonds. The van der Waals surface area contributed by atoms with Crippen molar-refractivity contribution in [2.24, 2.45) is 27.3 Å². The Hall–Kier alpha value is -3.67. The van der Waals surface area contributed by atoms with E-state index >= 15 is 0 Å². The van der Waals surface area contributed by atoms with E-state index in [4.69, 9.17) is 4.98 Å². The predicted octanol–water partition coefficient (Wildman–Crippen LogP) is 4.16. The van der Waals surface area contributed by atoms with Gasteiger partial charge in [0.1, 0.15) is 22.5 Å². The monoisotopic (exact) mass is 549 g/mol. The van der Waals surface area contributed by atoms with Crippen molar-refractivity contribution in [3.63, 3.8) is 0 Å². The highest BCUT2D eigenvalue weighted by atomic mass is 79.9. The number of carbonyl (C=O) groups excluding carboxylic acids is 1. The summed E-state index contributed by atoms with van der Waals surface area (Å²) in [4.78, 5) is 26.0. The molecule has 36 heavy (non-hydrogen) atoms. The fourth-order valence-electron chi connectivity index (χ4n) is 4.86. The zero-order valence-electron chi connectivity index (χ0n) is 19.1. The summed E-state index contributed by atoms with van der Waals surface area (Å²) in [5.74, 6) is 0.558. The van der Waals surface area contributed by atoms with Crippen molar-refractivity contribution in [2.75, 3.05) is 13.1 Å². The van der Waals surface area contributed by atoms with E-state index in [-0.39, 0.29) is 11.8 Å². The van der Waals surface area contributed by atoms with Crippen LogP contribution in [0.2, 0.25) is 0 Å². The van der Waals surface area contributed by atoms with Gasteiger partial charge in [0, 0.05) is 36.2 Å². The maximum Gasteiger partial charge on any atom is 0.223 e. The lowest BCUT2D eigenvalue weighted by Crippen LogP contribution is -2.34. The third-order valence-electron chi connectivity index (χ3n) is 6.67. The summed E-state index contributed by atoms with van der Waals surface area (Å²) in [5.41, 5.74) is 2.23. The second-order valence-electron chi connectivity index (χ2n) is 9.08. The van der Waals surface area contributed by atoms with E-state index in [0.29, 0.717) is 58.1 Å². The van der Waals surface area contributed by atoms with E-state index in [9.17, 15) is 9.18 Å². The second kappa shape index (κ2) is 9.41. The summed E-state index contributed by atoms with van der Waals surface area (Å²) in [7, 11) is 0. The summed E-state index contributed by atoms with van der Waals surface area (Å²) in [6, 6.07) is 6.84. The molecule has 1 fully saturated rings. The number of fused-ring (bicyclic) bond motifs is 2. The Bertz CT molecular complexity index is 1550. The fraction of sp³-hybridized carbons (Fsp3) is 0.333. The predicted molar refractivity (Wildman–Crippen MR) is 134 cm³/mol. The topological polar surface area (TPSA) is 123 Å². The van der Waals surface area contributed by atoms with Gasteiger partial charge < -0.3 is 5.32 Å². The van der Waals surface area contributed by atoms with Gasteiger partial charge in [-0.3, -0.25) is 9.78 Å². The van der Waals surface area contributed by atoms with Gasteiger partial charge in [-0.1, -0.05) is 6.07 Å². The normalized spacial score (nSPS) is 19.3. The minimum Gasteiger partial charge on any atom is -0.350 e. The SMILES string of the molecule is O=C(NCC1=NN=NC1)[C@@H]1CC[C@@H](Cc2ncc3c(Br)nn(-c4cc(F)c5ncccc5c4)c3n2)C1. The van der Waals surface area contributed by atoms with Gasteiger partial charge in [-0.05, 0) is 58.5 Å². The van der Waals surface area contributed by atoms with E-state index in [1.807, 2.05) is 12.1 Å². The van der Waals surface area contributed by atoms with Crippen LogP contribution in [0, 0.1) is 17.7 Å². The van der Waals surface area contributed by atoms with Crippen molar-refractivity contribution in [3.8, 4) is 5.69 Å². The molecular formula is C24H21BrFN9O. The van der Waals surface area contributed by atoms with Crippen LogP contribution in [0.1, 0.15) is 25.1 Å². The third-order valence-corrected chi connectivity index (χ3v) is 7.26. The van der Waals surface area contributed by atoms with Crippen LogP contribution in [0.5, 0.6) is 0 Å². The molecule has 12 heteroatoms. The van der Waals surface area contributed by atoms with Gasteiger partial charge in [-0.15, -0.1) is 5.10 Å². The molecule has 1 aromatic carbocycles. The molecule has 3 aromatic heterocycles. The van der Waals surface area contributed by atoms with Crippen LogP contribution in [0.25, 0.3) is 27.6 Å². The number of amides is 1. The van der Waals surface area contributed by atoms with Crippen LogP contribution in [0.15, 0.2) is 56.7 Å². The van der Waals surface area contributed by atoms with Gasteiger partial charge in [0.15, 0.2) is 11.5 Å². The van der Waals surface area contributed by atoms with Gasteiger partial charge >= 0.3 is 0 Å². The van der Waals surface area contributed by atoms with Gasteiger partial charge in [-0.25, -0.2) is 19.0 Å². The molecule has 1 N–H and O–H groups in total. The van der Waals surface area contributed by atoms with Crippen molar-refractivity contribution in [1.82, 2.24) is 30.0 Å². The van der Waals surface area contributed by atoms with Crippen molar-refractivity contribution in [2.45, 2.75) is 25.7 Å². The number of nitrogens with one attached hydrogen (secondary N) is 1. The Morgan fingerprint density at radius 3 is 3.03 bits per heavy atom. The molecule has 182 valence electrons. The number of carbonyl (C=O) groups is 1. The molecule has 6 rings (SSSR count). The van der Waals surface area contributed by atoms with E-state index in [0.717, 1.165) is 30.4 Å². The number of halogens is 2. The molecule has 1 saturated carbocycles. The van der Waals surface area contributed by atoms with Crippen LogP contribution < -0.4 is 5.32 Å². The highest BCUT2D eigenvalue weighted by Gasteiger charge is 2.31. The molecular weight excluding hydrogens is 529 g/mol. The third kappa shape index (κ3) is 4.36. The Morgan fingerprint density at radius 2 is 2.17 bits per heavy atom. The average Bonchev–Trinajstić information content (AvgIpc) is 3.64. The lowest BCUT2D eigenvalue weighted by molar-refractivity contribution is -0.124. The number of benzene rings is 1. The molecule has 4 aromatic rings. The molecule has 2 atom stereocenters. The molecule has 1 aliphatic carbocycles. The Balaban J connectivity index is 1.20. The smallest absolute Gasteiger partial charge is 0.223 e. The Morgan fingerprint density at radius 1 is 1.25 bits per heavy atom. The number of nitrogens with zero attached hydrogens (tertiary/aromatic N) is 8. The van der Waals surface area contributed by atoms with Crippen LogP contribution in [0.3, 0.4) is 0 Å². The van der Waals surface area contributed by atoms with Crippen molar-refractivity contribution in [1.29, 1.82) is 0 Å². The highest BCUT2D eigenvalue weighted by Crippen LogP contribution is 2.33. The number of pyridine rings is 1. The first-order chi connectivity index (χ1) is 17.5. The van der Waals surface area contributed by atoms with Crippen LogP contribution >= 0.6 is 15.9 Å². The lowest BCUT2D eigenvalue weighted by Gasteiger charge is -2.12. The highest BCUT2D eigenvalue weighted by molar-refractivity contribution is 9.10. The Labute approximate surface area is 213 Å². The minimum atomic E-state index is -0.420. The molecule has 0 spiro atoms. The van der Waals surface area contributed by atoms with Crippen molar-refractivity contribution < 1.29 is 9.18 Å².